The Morgan fingerprint density at radius 1 is 1.33 bits per heavy atom. The normalized spacial score (nSPS) is 19.1. The van der Waals surface area contributed by atoms with Crippen molar-refractivity contribution in [3.63, 3.8) is 0 Å². The van der Waals surface area contributed by atoms with Crippen molar-refractivity contribution in [1.29, 1.82) is 0 Å². The average molecular weight is 357 g/mol. The number of rotatable bonds is 5. The van der Waals surface area contributed by atoms with Crippen LogP contribution in [-0.4, -0.2) is 36.9 Å². The first-order valence-electron chi connectivity index (χ1n) is 7.28. The lowest BCUT2D eigenvalue weighted by Gasteiger charge is -2.18. The van der Waals surface area contributed by atoms with Gasteiger partial charge in [-0.25, -0.2) is 0 Å². The molecule has 2 rings (SSSR count). The highest BCUT2D eigenvalue weighted by atomic mass is 32.2. The summed E-state index contributed by atoms with van der Waals surface area (Å²) in [6.07, 6.45) is 2.85. The molecule has 0 aromatic heterocycles. The third kappa shape index (κ3) is 6.31. The summed E-state index contributed by atoms with van der Waals surface area (Å²) in [5.41, 5.74) is 1.71. The number of thioether (sulfide) groups is 1. The zero-order valence-corrected chi connectivity index (χ0v) is 14.2. The van der Waals surface area contributed by atoms with Gasteiger partial charge in [0, 0.05) is 6.08 Å². The van der Waals surface area contributed by atoms with E-state index < -0.39 is 6.36 Å². The molecule has 1 aliphatic heterocycles. The minimum absolute atomic E-state index is 0.236. The van der Waals surface area contributed by atoms with Crippen molar-refractivity contribution in [2.75, 3.05) is 19.4 Å². The van der Waals surface area contributed by atoms with Gasteiger partial charge in [-0.05, 0) is 36.4 Å². The average Bonchev–Trinajstić information content (AvgIpc) is 2.53. The Labute approximate surface area is 143 Å². The molecule has 0 spiro atoms. The molecule has 0 fully saturated rings. The molecule has 24 heavy (non-hydrogen) atoms. The number of nitrogens with zero attached hydrogens (tertiary/aromatic N) is 1. The molecule has 1 aliphatic rings. The number of allylic oxidation sites excluding steroid dienone is 2. The number of ether oxygens (including phenoxy) is 2. The lowest BCUT2D eigenvalue weighted by atomic mass is 10.1. The van der Waals surface area contributed by atoms with E-state index in [4.69, 9.17) is 4.74 Å². The van der Waals surface area contributed by atoms with E-state index in [0.29, 0.717) is 17.8 Å². The van der Waals surface area contributed by atoms with E-state index in [-0.39, 0.29) is 5.75 Å². The number of aliphatic imine (C=N–C) groups is 1. The van der Waals surface area contributed by atoms with Crippen LogP contribution < -0.4 is 4.74 Å². The molecule has 3 nitrogen and oxygen atoms in total. The topological polar surface area (TPSA) is 30.8 Å². The van der Waals surface area contributed by atoms with Gasteiger partial charge in [0.1, 0.15) is 12.4 Å². The molecule has 0 aliphatic carbocycles. The molecule has 1 aromatic carbocycles. The maximum Gasteiger partial charge on any atom is 0.573 e. The van der Waals surface area contributed by atoms with Gasteiger partial charge in [-0.2, -0.15) is 11.8 Å². The van der Waals surface area contributed by atoms with E-state index in [1.54, 1.807) is 30.0 Å². The highest BCUT2D eigenvalue weighted by Crippen LogP contribution is 2.23. The molecule has 130 valence electrons. The second kappa shape index (κ2) is 8.28. The van der Waals surface area contributed by atoms with Gasteiger partial charge in [0.05, 0.1) is 11.8 Å². The van der Waals surface area contributed by atoms with E-state index in [0.717, 1.165) is 17.7 Å². The Kier molecular flexibility index (Phi) is 6.36. The molecule has 0 saturated heterocycles. The van der Waals surface area contributed by atoms with Gasteiger partial charge in [-0.1, -0.05) is 24.3 Å². The zero-order chi connectivity index (χ0) is 17.6. The fourth-order valence-electron chi connectivity index (χ4n) is 1.95. The molecule has 0 bridgehead atoms. The van der Waals surface area contributed by atoms with Gasteiger partial charge < -0.3 is 9.47 Å². The molecule has 1 atom stereocenters. The molecular weight excluding hydrogens is 339 g/mol. The van der Waals surface area contributed by atoms with Gasteiger partial charge in [0.2, 0.25) is 5.90 Å². The highest BCUT2D eigenvalue weighted by molar-refractivity contribution is 7.99. The summed E-state index contributed by atoms with van der Waals surface area (Å²) in [5, 5.41) is 0.399. The fourth-order valence-corrected chi connectivity index (χ4v) is 2.38. The second-order valence-electron chi connectivity index (χ2n) is 5.19. The lowest BCUT2D eigenvalue weighted by Crippen LogP contribution is -2.24. The Morgan fingerprint density at radius 3 is 2.58 bits per heavy atom. The Morgan fingerprint density at radius 2 is 2.04 bits per heavy atom. The smallest absolute Gasteiger partial charge is 0.477 e. The Balaban J connectivity index is 1.95. The maximum absolute atomic E-state index is 12.1. The number of halogens is 3. The lowest BCUT2D eigenvalue weighted by molar-refractivity contribution is -0.274. The van der Waals surface area contributed by atoms with E-state index in [9.17, 15) is 13.2 Å². The molecule has 1 unspecified atom stereocenters. The van der Waals surface area contributed by atoms with Crippen LogP contribution in [-0.2, 0) is 4.74 Å². The maximum atomic E-state index is 12.1. The molecule has 1 aromatic rings. The van der Waals surface area contributed by atoms with Crippen LogP contribution in [0.15, 0.2) is 47.0 Å². The van der Waals surface area contributed by atoms with Crippen molar-refractivity contribution in [2.24, 2.45) is 4.99 Å². The van der Waals surface area contributed by atoms with Crippen LogP contribution in [0.2, 0.25) is 0 Å². The largest absolute Gasteiger partial charge is 0.573 e. The van der Waals surface area contributed by atoms with Gasteiger partial charge in [-0.3, -0.25) is 4.99 Å². The van der Waals surface area contributed by atoms with Crippen LogP contribution in [0.5, 0.6) is 5.75 Å². The van der Waals surface area contributed by atoms with Crippen molar-refractivity contribution in [1.82, 2.24) is 0 Å². The molecule has 1 heterocycles. The first-order valence-corrected chi connectivity index (χ1v) is 8.57. The monoisotopic (exact) mass is 357 g/mol. The number of benzene rings is 1. The van der Waals surface area contributed by atoms with Crippen molar-refractivity contribution in [3.8, 4) is 5.75 Å². The van der Waals surface area contributed by atoms with E-state index in [2.05, 4.69) is 9.73 Å². The van der Waals surface area contributed by atoms with E-state index >= 15 is 0 Å². The molecule has 0 saturated carbocycles. The van der Waals surface area contributed by atoms with Gasteiger partial charge in [-0.15, -0.1) is 13.2 Å². The van der Waals surface area contributed by atoms with Crippen LogP contribution in [0.4, 0.5) is 13.2 Å². The standard InChI is InChI=1S/C17H18F3NO2S/c1-12(9-16-21-10-15(24-2)11-22-16)3-4-13-5-7-14(8-6-13)23-17(18,19)20/h3-9,15H,10-11H2,1-2H3. The van der Waals surface area contributed by atoms with Crippen LogP contribution >= 0.6 is 11.8 Å². The van der Waals surface area contributed by atoms with Crippen LogP contribution in [0.1, 0.15) is 12.5 Å². The van der Waals surface area contributed by atoms with Gasteiger partial charge >= 0.3 is 6.36 Å². The summed E-state index contributed by atoms with van der Waals surface area (Å²) in [4.78, 5) is 4.36. The molecule has 0 N–H and O–H groups in total. The quantitative estimate of drug-likeness (QED) is 0.716. The van der Waals surface area contributed by atoms with Crippen LogP contribution in [0.3, 0.4) is 0 Å². The predicted octanol–water partition coefficient (Wildman–Crippen LogP) is 4.71. The van der Waals surface area contributed by atoms with Crippen LogP contribution in [0.25, 0.3) is 6.08 Å². The first kappa shape index (κ1) is 18.4. The Bertz CT molecular complexity index is 636. The number of alkyl halides is 3. The molecule has 0 amide bonds. The highest BCUT2D eigenvalue weighted by Gasteiger charge is 2.30. The van der Waals surface area contributed by atoms with Gasteiger partial charge in [0.15, 0.2) is 0 Å². The van der Waals surface area contributed by atoms with E-state index in [1.807, 2.05) is 25.3 Å². The summed E-state index contributed by atoms with van der Waals surface area (Å²) in [6, 6.07) is 5.68. The van der Waals surface area contributed by atoms with E-state index in [1.165, 1.54) is 12.1 Å². The number of hydrogen-bond donors (Lipinski definition) is 0. The third-order valence-corrected chi connectivity index (χ3v) is 4.16. The first-order chi connectivity index (χ1) is 11.4. The van der Waals surface area contributed by atoms with Crippen molar-refractivity contribution < 1.29 is 22.6 Å². The van der Waals surface area contributed by atoms with Gasteiger partial charge in [0.25, 0.3) is 0 Å². The summed E-state index contributed by atoms with van der Waals surface area (Å²) in [6.45, 7) is 3.29. The minimum atomic E-state index is -4.67. The second-order valence-corrected chi connectivity index (χ2v) is 6.32. The van der Waals surface area contributed by atoms with Crippen molar-refractivity contribution in [2.45, 2.75) is 18.5 Å². The minimum Gasteiger partial charge on any atom is -0.477 e. The third-order valence-electron chi connectivity index (χ3n) is 3.20. The SMILES string of the molecule is CSC1CN=C(C=C(C)C=Cc2ccc(OC(F)(F)F)cc2)OC1. The van der Waals surface area contributed by atoms with Crippen molar-refractivity contribution >= 4 is 23.7 Å². The Hall–Kier alpha value is -1.89. The molecule has 0 radical (unpaired) electrons. The fraction of sp³-hybridized carbons (Fsp3) is 0.353. The zero-order valence-electron chi connectivity index (χ0n) is 13.3. The molecular formula is C17H18F3NO2S. The summed E-state index contributed by atoms with van der Waals surface area (Å²) in [5.74, 6) is 0.372. The predicted molar refractivity (Wildman–Crippen MR) is 91.5 cm³/mol. The van der Waals surface area contributed by atoms with Crippen molar-refractivity contribution in [3.05, 3.63) is 47.6 Å². The molecule has 7 heteroatoms. The number of hydrogen-bond acceptors (Lipinski definition) is 4. The van der Waals surface area contributed by atoms with Crippen LogP contribution in [0, 0.1) is 0 Å². The summed E-state index contributed by atoms with van der Waals surface area (Å²) < 4.78 is 45.7. The summed E-state index contributed by atoms with van der Waals surface area (Å²) >= 11 is 1.73. The summed E-state index contributed by atoms with van der Waals surface area (Å²) in [7, 11) is 0.